The summed E-state index contributed by atoms with van der Waals surface area (Å²) >= 11 is 5.91. The van der Waals surface area contributed by atoms with E-state index in [0.29, 0.717) is 11.6 Å². The topological polar surface area (TPSA) is 50.0 Å². The minimum atomic E-state index is -0.503. The molecule has 0 fully saturated rings. The average molecular weight is 343 g/mol. The van der Waals surface area contributed by atoms with Crippen LogP contribution < -0.4 is 5.32 Å². The number of aliphatic hydroxyl groups excluding tert-OH is 1. The molecule has 0 saturated carbocycles. The van der Waals surface area contributed by atoms with Crippen molar-refractivity contribution in [2.45, 2.75) is 25.6 Å². The van der Waals surface area contributed by atoms with Crippen molar-refractivity contribution >= 4 is 11.6 Å². The molecule has 0 saturated heterocycles. The molecule has 1 aromatic heterocycles. The van der Waals surface area contributed by atoms with Crippen LogP contribution in [0.1, 0.15) is 24.4 Å². The molecule has 2 atom stereocenters. The second kappa shape index (κ2) is 7.67. The van der Waals surface area contributed by atoms with E-state index in [1.165, 1.54) is 0 Å². The van der Waals surface area contributed by atoms with E-state index in [-0.39, 0.29) is 6.04 Å². The molecule has 0 aliphatic rings. The van der Waals surface area contributed by atoms with Crippen molar-refractivity contribution in [1.82, 2.24) is 0 Å². The Labute approximate surface area is 146 Å². The van der Waals surface area contributed by atoms with Gasteiger partial charge in [0.2, 0.25) is 0 Å². The summed E-state index contributed by atoms with van der Waals surface area (Å²) in [4.78, 5) is 0. The maximum absolute atomic E-state index is 10.4. The fraction of sp³-hybridized carbons (Fsp3) is 0.200. The Morgan fingerprint density at radius 1 is 1.00 bits per heavy atom. The quantitative estimate of drug-likeness (QED) is 0.716. The third-order valence-electron chi connectivity index (χ3n) is 4.12. The first-order chi connectivity index (χ1) is 11.6. The molecule has 3 nitrogen and oxygen atoms in total. The van der Waals surface area contributed by atoms with E-state index in [1.54, 1.807) is 0 Å². The maximum Gasteiger partial charge on any atom is 0.158 e. The zero-order valence-electron chi connectivity index (χ0n) is 13.5. The van der Waals surface area contributed by atoms with Gasteiger partial charge in [-0.25, -0.2) is 0 Å². The molecule has 0 aliphatic heterocycles. The van der Waals surface area contributed by atoms with Gasteiger partial charge in [-0.05, 0) is 48.9 Å². The molecule has 1 heterocycles. The van der Waals surface area contributed by atoms with Crippen LogP contribution in [-0.4, -0.2) is 11.1 Å². The summed E-state index contributed by atoms with van der Waals surface area (Å²) in [6, 6.07) is 21.3. The summed E-state index contributed by atoms with van der Waals surface area (Å²) in [6.45, 7) is 2.69. The Bertz CT molecular complexity index is 768. The third-order valence-corrected chi connectivity index (χ3v) is 4.37. The summed E-state index contributed by atoms with van der Waals surface area (Å²) in [7, 11) is 0. The number of nitrogens with two attached hydrogens (primary N) is 1. The van der Waals surface area contributed by atoms with Crippen LogP contribution in [0.4, 0.5) is 0 Å². The first-order valence-electron chi connectivity index (χ1n) is 8.04. The third kappa shape index (κ3) is 4.06. The summed E-state index contributed by atoms with van der Waals surface area (Å²) in [5, 5.41) is 13.2. The second-order valence-electron chi connectivity index (χ2n) is 5.93. The molecule has 0 radical (unpaired) electrons. The standard InChI is InChI=1S/C20H20ClNO2/c1-14(20(23)16-5-3-2-4-6-16)22-13-18-11-12-19(24-18)15-7-9-17(21)10-8-15/h2-12,14,20,22-23H,13H2,1H3/p+1/t14-,20+/m0/s1. The Balaban J connectivity index is 1.60. The molecule has 0 amide bonds. The summed E-state index contributed by atoms with van der Waals surface area (Å²) in [5.41, 5.74) is 1.94. The molecule has 3 N–H and O–H groups in total. The van der Waals surface area contributed by atoms with Crippen LogP contribution in [0.3, 0.4) is 0 Å². The second-order valence-corrected chi connectivity index (χ2v) is 6.36. The van der Waals surface area contributed by atoms with E-state index in [1.807, 2.05) is 73.7 Å². The van der Waals surface area contributed by atoms with Gasteiger partial charge in [0, 0.05) is 10.6 Å². The number of quaternary nitrogens is 1. The highest BCUT2D eigenvalue weighted by atomic mass is 35.5. The lowest BCUT2D eigenvalue weighted by Crippen LogP contribution is -2.88. The predicted octanol–water partition coefficient (Wildman–Crippen LogP) is 3.79. The lowest BCUT2D eigenvalue weighted by Gasteiger charge is -2.17. The lowest BCUT2D eigenvalue weighted by molar-refractivity contribution is -0.710. The van der Waals surface area contributed by atoms with E-state index in [4.69, 9.17) is 16.0 Å². The molecule has 124 valence electrons. The van der Waals surface area contributed by atoms with Crippen LogP contribution in [0.5, 0.6) is 0 Å². The van der Waals surface area contributed by atoms with E-state index in [0.717, 1.165) is 22.6 Å². The number of benzene rings is 2. The molecule has 4 heteroatoms. The fourth-order valence-electron chi connectivity index (χ4n) is 2.64. The molecule has 24 heavy (non-hydrogen) atoms. The van der Waals surface area contributed by atoms with Crippen molar-refractivity contribution in [2.75, 3.05) is 0 Å². The molecule has 0 spiro atoms. The number of aliphatic hydroxyl groups is 1. The van der Waals surface area contributed by atoms with Gasteiger partial charge in [0.15, 0.2) is 5.76 Å². The van der Waals surface area contributed by atoms with Crippen molar-refractivity contribution in [3.8, 4) is 11.3 Å². The number of hydrogen-bond acceptors (Lipinski definition) is 2. The first kappa shape index (κ1) is 16.8. The molecule has 0 aliphatic carbocycles. The highest BCUT2D eigenvalue weighted by Gasteiger charge is 2.19. The van der Waals surface area contributed by atoms with Crippen LogP contribution in [0.25, 0.3) is 11.3 Å². The van der Waals surface area contributed by atoms with Crippen molar-refractivity contribution in [3.05, 3.63) is 83.1 Å². The van der Waals surface area contributed by atoms with E-state index in [9.17, 15) is 5.11 Å². The largest absolute Gasteiger partial charge is 0.455 e. The smallest absolute Gasteiger partial charge is 0.158 e. The van der Waals surface area contributed by atoms with Crippen molar-refractivity contribution in [3.63, 3.8) is 0 Å². The summed E-state index contributed by atoms with van der Waals surface area (Å²) in [5.74, 6) is 1.71. The highest BCUT2D eigenvalue weighted by Crippen LogP contribution is 2.23. The number of halogens is 1. The molecule has 3 rings (SSSR count). The van der Waals surface area contributed by atoms with Crippen molar-refractivity contribution < 1.29 is 14.8 Å². The average Bonchev–Trinajstić information content (AvgIpc) is 3.09. The van der Waals surface area contributed by atoms with Gasteiger partial charge < -0.3 is 14.8 Å². The SMILES string of the molecule is C[C@H]([NH2+]Cc1ccc(-c2ccc(Cl)cc2)o1)[C@@H](O)c1ccccc1. The van der Waals surface area contributed by atoms with Crippen LogP contribution >= 0.6 is 11.6 Å². The van der Waals surface area contributed by atoms with Gasteiger partial charge in [-0.3, -0.25) is 0 Å². The van der Waals surface area contributed by atoms with Crippen molar-refractivity contribution in [2.24, 2.45) is 0 Å². The van der Waals surface area contributed by atoms with Crippen LogP contribution in [0, 0.1) is 0 Å². The lowest BCUT2D eigenvalue weighted by atomic mass is 10.0. The number of rotatable bonds is 6. The molecular formula is C20H21ClNO2+. The van der Waals surface area contributed by atoms with Gasteiger partial charge in [-0.1, -0.05) is 41.9 Å². The fourth-order valence-corrected chi connectivity index (χ4v) is 2.77. The van der Waals surface area contributed by atoms with Gasteiger partial charge in [-0.2, -0.15) is 0 Å². The number of hydrogen-bond donors (Lipinski definition) is 2. The van der Waals surface area contributed by atoms with Gasteiger partial charge >= 0.3 is 0 Å². The molecule has 2 aromatic carbocycles. The monoisotopic (exact) mass is 342 g/mol. The maximum atomic E-state index is 10.4. The van der Waals surface area contributed by atoms with E-state index in [2.05, 4.69) is 5.32 Å². The van der Waals surface area contributed by atoms with Gasteiger partial charge in [0.05, 0.1) is 0 Å². The molecule has 0 unspecified atom stereocenters. The molecule has 0 bridgehead atoms. The summed E-state index contributed by atoms with van der Waals surface area (Å²) < 4.78 is 5.89. The summed E-state index contributed by atoms with van der Waals surface area (Å²) in [6.07, 6.45) is -0.503. The Kier molecular flexibility index (Phi) is 5.36. The van der Waals surface area contributed by atoms with E-state index < -0.39 is 6.10 Å². The Morgan fingerprint density at radius 3 is 2.42 bits per heavy atom. The zero-order valence-corrected chi connectivity index (χ0v) is 14.3. The van der Waals surface area contributed by atoms with Crippen LogP contribution in [0.15, 0.2) is 71.1 Å². The minimum absolute atomic E-state index is 0.0384. The van der Waals surface area contributed by atoms with Gasteiger partial charge in [-0.15, -0.1) is 0 Å². The molecular weight excluding hydrogens is 322 g/mol. The van der Waals surface area contributed by atoms with Crippen molar-refractivity contribution in [1.29, 1.82) is 0 Å². The Hall–Kier alpha value is -2.07. The van der Waals surface area contributed by atoms with Crippen LogP contribution in [0.2, 0.25) is 5.02 Å². The predicted molar refractivity (Wildman–Crippen MR) is 95.6 cm³/mol. The first-order valence-corrected chi connectivity index (χ1v) is 8.42. The zero-order chi connectivity index (χ0) is 16.9. The van der Waals surface area contributed by atoms with Gasteiger partial charge in [0.25, 0.3) is 0 Å². The highest BCUT2D eigenvalue weighted by molar-refractivity contribution is 6.30. The van der Waals surface area contributed by atoms with E-state index >= 15 is 0 Å². The minimum Gasteiger partial charge on any atom is -0.455 e. The normalized spacial score (nSPS) is 13.6. The molecule has 3 aromatic rings. The Morgan fingerprint density at radius 2 is 1.71 bits per heavy atom. The van der Waals surface area contributed by atoms with Crippen LogP contribution in [-0.2, 0) is 6.54 Å². The van der Waals surface area contributed by atoms with Gasteiger partial charge in [0.1, 0.15) is 24.5 Å². The number of furan rings is 1.